The molecule has 1 N–H and O–H groups in total. The number of carbonyl (C=O) groups is 2. The number of hydrogen-bond donors (Lipinski definition) is 1. The topological polar surface area (TPSA) is 67.9 Å². The first kappa shape index (κ1) is 46.1. The number of carbonyl (C=O) groups excluding carboxylic acids is 2. The molecule has 0 aliphatic rings. The molecule has 0 rings (SSSR count). The van der Waals surface area contributed by atoms with Crippen LogP contribution in [0.5, 0.6) is 0 Å². The van der Waals surface area contributed by atoms with Gasteiger partial charge in [-0.05, 0) is 76.3 Å². The zero-order valence-corrected chi connectivity index (χ0v) is 32.0. The number of nitrogens with zero attached hydrogens (tertiary/aromatic N) is 1. The highest BCUT2D eigenvalue weighted by Gasteiger charge is 2.19. The molecule has 1 atom stereocenters. The van der Waals surface area contributed by atoms with Crippen molar-refractivity contribution in [3.8, 4) is 47.4 Å². The maximum absolute atomic E-state index is 12.6. The first-order chi connectivity index (χ1) is 24.0. The lowest BCUT2D eigenvalue weighted by molar-refractivity contribution is -0.160. The molecule has 0 spiro atoms. The van der Waals surface area contributed by atoms with Gasteiger partial charge in [0, 0.05) is 58.2 Å². The van der Waals surface area contributed by atoms with Crippen LogP contribution in [0.4, 0.5) is 0 Å². The molecule has 0 radical (unpaired) electrons. The quantitative estimate of drug-likeness (QED) is 0.0465. The molecule has 1 unspecified atom stereocenters. The van der Waals surface area contributed by atoms with Gasteiger partial charge in [0.05, 0.1) is 0 Å². The Morgan fingerprint density at radius 1 is 0.592 bits per heavy atom. The minimum Gasteiger partial charge on any atom is -0.462 e. The van der Waals surface area contributed by atoms with Crippen molar-refractivity contribution in [3.63, 3.8) is 0 Å². The van der Waals surface area contributed by atoms with Gasteiger partial charge in [0.1, 0.15) is 12.7 Å². The van der Waals surface area contributed by atoms with E-state index < -0.39 is 6.10 Å². The number of rotatable bonds is 30. The predicted octanol–water partition coefficient (Wildman–Crippen LogP) is 9.01. The summed E-state index contributed by atoms with van der Waals surface area (Å²) in [5.74, 6) is 24.0. The summed E-state index contributed by atoms with van der Waals surface area (Å²) < 4.78 is 11.3. The summed E-state index contributed by atoms with van der Waals surface area (Å²) in [6.07, 6.45) is 24.0. The van der Waals surface area contributed by atoms with E-state index in [2.05, 4.69) is 71.4 Å². The minimum absolute atomic E-state index is 0.103. The Labute approximate surface area is 302 Å². The van der Waals surface area contributed by atoms with Crippen LogP contribution in [0.25, 0.3) is 0 Å². The van der Waals surface area contributed by atoms with Crippen LogP contribution in [-0.4, -0.2) is 63.3 Å². The molecule has 0 aliphatic carbocycles. The van der Waals surface area contributed by atoms with E-state index in [4.69, 9.17) is 9.47 Å². The summed E-state index contributed by atoms with van der Waals surface area (Å²) >= 11 is 0. The summed E-state index contributed by atoms with van der Waals surface area (Å²) in [6, 6.07) is 0. The zero-order chi connectivity index (χ0) is 35.9. The lowest BCUT2D eigenvalue weighted by atomic mass is 10.1. The second-order valence-electron chi connectivity index (χ2n) is 13.0. The van der Waals surface area contributed by atoms with Crippen molar-refractivity contribution in [3.05, 3.63) is 0 Å². The van der Waals surface area contributed by atoms with Crippen molar-refractivity contribution in [2.45, 2.75) is 174 Å². The second kappa shape index (κ2) is 37.9. The summed E-state index contributed by atoms with van der Waals surface area (Å²) in [4.78, 5) is 27.1. The van der Waals surface area contributed by atoms with Gasteiger partial charge in [0.2, 0.25) is 0 Å². The first-order valence-electron chi connectivity index (χ1n) is 19.6. The molecule has 0 aromatic rings. The number of esters is 2. The summed E-state index contributed by atoms with van der Waals surface area (Å²) in [5.41, 5.74) is 0. The standard InChI is InChI=1S/C43H70N2O4/c1-5-7-9-11-13-15-17-19-21-23-25-27-29-31-33-35-42(46)48-40-41(39-45(4)38-37-44-3)49-43(47)36-34-32-30-28-26-24-22-20-18-16-14-12-10-8-6-2/h41,44H,5-12,21-40H2,1-4H3. The number of ether oxygens (including phenoxy) is 2. The Bertz CT molecular complexity index is 1060. The smallest absolute Gasteiger partial charge is 0.306 e. The van der Waals surface area contributed by atoms with Crippen molar-refractivity contribution < 1.29 is 19.1 Å². The minimum atomic E-state index is -0.462. The average Bonchev–Trinajstić information content (AvgIpc) is 3.09. The van der Waals surface area contributed by atoms with Crippen molar-refractivity contribution >= 4 is 11.9 Å². The fraction of sp³-hybridized carbons (Fsp3) is 0.767. The maximum Gasteiger partial charge on any atom is 0.306 e. The monoisotopic (exact) mass is 679 g/mol. The van der Waals surface area contributed by atoms with Crippen LogP contribution in [0.3, 0.4) is 0 Å². The van der Waals surface area contributed by atoms with Crippen LogP contribution in [0, 0.1) is 47.4 Å². The molecule has 6 nitrogen and oxygen atoms in total. The molecule has 49 heavy (non-hydrogen) atoms. The Kier molecular flexibility index (Phi) is 35.7. The number of unbranched alkanes of at least 4 members (excludes halogenated alkanes) is 18. The Morgan fingerprint density at radius 3 is 1.45 bits per heavy atom. The van der Waals surface area contributed by atoms with Gasteiger partial charge in [-0.15, -0.1) is 0 Å². The maximum atomic E-state index is 12.6. The third-order valence-corrected chi connectivity index (χ3v) is 8.14. The van der Waals surface area contributed by atoms with E-state index in [0.29, 0.717) is 19.4 Å². The normalized spacial score (nSPS) is 10.8. The van der Waals surface area contributed by atoms with Gasteiger partial charge in [-0.2, -0.15) is 0 Å². The van der Waals surface area contributed by atoms with Gasteiger partial charge in [-0.25, -0.2) is 0 Å². The van der Waals surface area contributed by atoms with Crippen LogP contribution in [-0.2, 0) is 19.1 Å². The molecule has 0 heterocycles. The highest BCUT2D eigenvalue weighted by atomic mass is 16.6. The van der Waals surface area contributed by atoms with E-state index in [-0.39, 0.29) is 18.5 Å². The van der Waals surface area contributed by atoms with E-state index in [1.807, 2.05) is 14.1 Å². The highest BCUT2D eigenvalue weighted by Crippen LogP contribution is 2.12. The van der Waals surface area contributed by atoms with Crippen LogP contribution < -0.4 is 5.32 Å². The van der Waals surface area contributed by atoms with E-state index in [0.717, 1.165) is 116 Å². The number of hydrogen-bond acceptors (Lipinski definition) is 6. The van der Waals surface area contributed by atoms with Gasteiger partial charge in [-0.1, -0.05) is 115 Å². The third kappa shape index (κ3) is 36.2. The molecule has 0 aromatic heterocycles. The van der Waals surface area contributed by atoms with Crippen LogP contribution in [0.15, 0.2) is 0 Å². The number of nitrogens with one attached hydrogen (secondary N) is 1. The molecular weight excluding hydrogens is 608 g/mol. The summed E-state index contributed by atoms with van der Waals surface area (Å²) in [5, 5.41) is 3.14. The Hall–Kier alpha value is -2.90. The zero-order valence-electron chi connectivity index (χ0n) is 32.0. The molecule has 0 aliphatic heterocycles. The van der Waals surface area contributed by atoms with Gasteiger partial charge in [0.25, 0.3) is 0 Å². The fourth-order valence-corrected chi connectivity index (χ4v) is 5.10. The molecule has 0 bridgehead atoms. The highest BCUT2D eigenvalue weighted by molar-refractivity contribution is 5.70. The average molecular weight is 679 g/mol. The Morgan fingerprint density at radius 2 is 1.00 bits per heavy atom. The van der Waals surface area contributed by atoms with E-state index in [1.54, 1.807) is 0 Å². The summed E-state index contributed by atoms with van der Waals surface area (Å²) in [7, 11) is 3.90. The number of likely N-dealkylation sites (N-methyl/N-ethyl adjacent to an activating group) is 2. The first-order valence-corrected chi connectivity index (χ1v) is 19.6. The largest absolute Gasteiger partial charge is 0.462 e. The molecule has 0 saturated carbocycles. The van der Waals surface area contributed by atoms with Crippen molar-refractivity contribution in [1.82, 2.24) is 10.2 Å². The molecule has 276 valence electrons. The molecule has 0 saturated heterocycles. The summed E-state index contributed by atoms with van der Waals surface area (Å²) in [6.45, 7) is 6.68. The van der Waals surface area contributed by atoms with Crippen molar-refractivity contribution in [2.24, 2.45) is 0 Å². The molecule has 0 amide bonds. The van der Waals surface area contributed by atoms with Gasteiger partial charge in [-0.3, -0.25) is 9.59 Å². The van der Waals surface area contributed by atoms with Gasteiger partial charge >= 0.3 is 11.9 Å². The lowest BCUT2D eigenvalue weighted by Crippen LogP contribution is -2.38. The predicted molar refractivity (Wildman–Crippen MR) is 206 cm³/mol. The van der Waals surface area contributed by atoms with E-state index >= 15 is 0 Å². The van der Waals surface area contributed by atoms with Gasteiger partial charge < -0.3 is 19.7 Å². The Balaban J connectivity index is 4.13. The van der Waals surface area contributed by atoms with Crippen LogP contribution in [0.1, 0.15) is 168 Å². The molecule has 6 heteroatoms. The van der Waals surface area contributed by atoms with E-state index in [9.17, 15) is 9.59 Å². The fourth-order valence-electron chi connectivity index (χ4n) is 5.10. The molecule has 0 aromatic carbocycles. The van der Waals surface area contributed by atoms with Crippen molar-refractivity contribution in [2.75, 3.05) is 40.3 Å². The lowest BCUT2D eigenvalue weighted by Gasteiger charge is -2.24. The van der Waals surface area contributed by atoms with E-state index in [1.165, 1.54) is 38.5 Å². The van der Waals surface area contributed by atoms with Crippen LogP contribution in [0.2, 0.25) is 0 Å². The second-order valence-corrected chi connectivity index (χ2v) is 13.0. The third-order valence-electron chi connectivity index (χ3n) is 8.14. The van der Waals surface area contributed by atoms with Gasteiger partial charge in [0.15, 0.2) is 0 Å². The molecular formula is C43H70N2O4. The van der Waals surface area contributed by atoms with Crippen LogP contribution >= 0.6 is 0 Å². The SMILES string of the molecule is CCCCCC#CC#CCCCCCCCCC(=O)OCC(CN(C)CCNC)OC(=O)CCCCCCCCC#CC#CCCCCC. The molecule has 0 fully saturated rings. The van der Waals surface area contributed by atoms with Crippen molar-refractivity contribution in [1.29, 1.82) is 0 Å².